The van der Waals surface area contributed by atoms with Crippen LogP contribution in [0.1, 0.15) is 5.56 Å². The van der Waals surface area contributed by atoms with Crippen LogP contribution in [0.5, 0.6) is 0 Å². The van der Waals surface area contributed by atoms with E-state index in [9.17, 15) is 0 Å². The third-order valence-electron chi connectivity index (χ3n) is 1.01. The molecule has 0 unspecified atom stereocenters. The Hall–Kier alpha value is 0.167. The second-order valence-electron chi connectivity index (χ2n) is 1.63. The minimum absolute atomic E-state index is 0. The molecule has 0 radical (unpaired) electrons. The molecule has 2 heteroatoms. The van der Waals surface area contributed by atoms with Crippen molar-refractivity contribution in [3.63, 3.8) is 0 Å². The predicted octanol–water partition coefficient (Wildman–Crippen LogP) is -1.26. The molecule has 0 aliphatic heterocycles. The predicted molar refractivity (Wildman–Crippen MR) is 37.5 cm³/mol. The van der Waals surface area contributed by atoms with Crippen LogP contribution in [0, 0.1) is 0 Å². The first-order valence-electron chi connectivity index (χ1n) is 2.55. The summed E-state index contributed by atoms with van der Waals surface area (Å²) in [5, 5.41) is 0. The third kappa shape index (κ3) is 3.01. The van der Waals surface area contributed by atoms with Gasteiger partial charge in [0.2, 0.25) is 0 Å². The largest absolute Gasteiger partial charge is 1.00 e. The molecule has 0 nitrogen and oxygen atoms in total. The maximum atomic E-state index is 4.82. The Balaban J connectivity index is 0.000000640. The van der Waals surface area contributed by atoms with Gasteiger partial charge in [-0.25, -0.2) is 0 Å². The van der Waals surface area contributed by atoms with Crippen molar-refractivity contribution >= 4 is 12.6 Å². The van der Waals surface area contributed by atoms with Gasteiger partial charge in [-0.3, -0.25) is 0 Å². The minimum atomic E-state index is 0. The van der Waals surface area contributed by atoms with Crippen molar-refractivity contribution in [1.82, 2.24) is 0 Å². The normalized spacial score (nSPS) is 8.11. The zero-order valence-electron chi connectivity index (χ0n) is 5.50. The van der Waals surface area contributed by atoms with Crippen molar-refractivity contribution in [1.29, 1.82) is 0 Å². The van der Waals surface area contributed by atoms with Crippen molar-refractivity contribution in [2.45, 2.75) is 5.75 Å². The third-order valence-corrected chi connectivity index (χ3v) is 1.34. The van der Waals surface area contributed by atoms with Gasteiger partial charge in [0.15, 0.2) is 0 Å². The first kappa shape index (κ1) is 9.17. The van der Waals surface area contributed by atoms with E-state index in [0.29, 0.717) is 0 Å². The summed E-state index contributed by atoms with van der Waals surface area (Å²) in [6, 6.07) is 10.1. The van der Waals surface area contributed by atoms with E-state index in [-0.39, 0.29) is 18.9 Å². The standard InChI is InChI=1S/C7H8S.Li/c8-6-7-4-2-1-3-5-7;/h1-5,8H,6H2;/q;+1/p-1. The molecule has 1 rings (SSSR count). The first-order valence-corrected chi connectivity index (χ1v) is 3.13. The van der Waals surface area contributed by atoms with E-state index in [1.165, 1.54) is 5.56 Å². The van der Waals surface area contributed by atoms with Crippen molar-refractivity contribution < 1.29 is 18.9 Å². The summed E-state index contributed by atoms with van der Waals surface area (Å²) < 4.78 is 0. The van der Waals surface area contributed by atoms with Gasteiger partial charge in [-0.05, 0) is 0 Å². The summed E-state index contributed by atoms with van der Waals surface area (Å²) in [4.78, 5) is 0. The summed E-state index contributed by atoms with van der Waals surface area (Å²) in [7, 11) is 0. The molecule has 0 atom stereocenters. The van der Waals surface area contributed by atoms with Crippen LogP contribution in [0.4, 0.5) is 0 Å². The summed E-state index contributed by atoms with van der Waals surface area (Å²) in [6.45, 7) is 0. The summed E-state index contributed by atoms with van der Waals surface area (Å²) in [5.41, 5.74) is 1.22. The molecule has 0 bridgehead atoms. The molecule has 1 aromatic carbocycles. The van der Waals surface area contributed by atoms with Crippen molar-refractivity contribution in [3.8, 4) is 0 Å². The molecule has 0 amide bonds. The molecule has 9 heavy (non-hydrogen) atoms. The Kier molecular flexibility index (Phi) is 5.09. The average Bonchev–Trinajstić information content (AvgIpc) is 1.90. The van der Waals surface area contributed by atoms with E-state index in [2.05, 4.69) is 0 Å². The van der Waals surface area contributed by atoms with E-state index >= 15 is 0 Å². The number of rotatable bonds is 1. The second-order valence-corrected chi connectivity index (χ2v) is 1.92. The minimum Gasteiger partial charge on any atom is -0.788 e. The van der Waals surface area contributed by atoms with Gasteiger partial charge in [0.05, 0.1) is 0 Å². The maximum absolute atomic E-state index is 4.82. The van der Waals surface area contributed by atoms with Gasteiger partial charge in [-0.15, -0.1) is 0 Å². The molecule has 0 aliphatic carbocycles. The molecular weight excluding hydrogens is 123 g/mol. The van der Waals surface area contributed by atoms with E-state index in [4.69, 9.17) is 12.6 Å². The SMILES string of the molecule is [Li+].[S-]Cc1ccccc1. The molecule has 0 heterocycles. The Bertz CT molecular complexity index is 150. The Morgan fingerprint density at radius 3 is 2.00 bits per heavy atom. The molecule has 0 aliphatic rings. The van der Waals surface area contributed by atoms with Gasteiger partial charge in [-0.1, -0.05) is 35.9 Å². The quantitative estimate of drug-likeness (QED) is 0.338. The molecule has 0 saturated heterocycles. The molecule has 0 N–H and O–H groups in total. The van der Waals surface area contributed by atoms with Gasteiger partial charge < -0.3 is 12.6 Å². The zero-order chi connectivity index (χ0) is 5.82. The molecular formula is C7H7LiS. The molecule has 0 spiro atoms. The molecule has 1 aromatic rings. The molecule has 0 saturated carbocycles. The topological polar surface area (TPSA) is 0 Å². The van der Waals surface area contributed by atoms with E-state index < -0.39 is 0 Å². The van der Waals surface area contributed by atoms with E-state index in [1.807, 2.05) is 30.3 Å². The fourth-order valence-electron chi connectivity index (χ4n) is 0.574. The molecule has 0 fully saturated rings. The number of benzene rings is 1. The van der Waals surface area contributed by atoms with Gasteiger partial charge in [-0.2, -0.15) is 5.75 Å². The fraction of sp³-hybridized carbons (Fsp3) is 0.143. The van der Waals surface area contributed by atoms with E-state index in [0.717, 1.165) is 5.75 Å². The second kappa shape index (κ2) is 4.99. The average molecular weight is 130 g/mol. The smallest absolute Gasteiger partial charge is 0.788 e. The Morgan fingerprint density at radius 1 is 1.11 bits per heavy atom. The van der Waals surface area contributed by atoms with Gasteiger partial charge in [0, 0.05) is 0 Å². The van der Waals surface area contributed by atoms with Gasteiger partial charge >= 0.3 is 18.9 Å². The summed E-state index contributed by atoms with van der Waals surface area (Å²) in [6.07, 6.45) is 0. The van der Waals surface area contributed by atoms with Crippen LogP contribution in [0.3, 0.4) is 0 Å². The van der Waals surface area contributed by atoms with Crippen LogP contribution in [-0.4, -0.2) is 0 Å². The van der Waals surface area contributed by atoms with Crippen LogP contribution in [-0.2, 0) is 18.4 Å². The molecule has 0 aromatic heterocycles. The van der Waals surface area contributed by atoms with Crippen LogP contribution in [0.15, 0.2) is 30.3 Å². The summed E-state index contributed by atoms with van der Waals surface area (Å²) >= 11 is 4.82. The number of hydrogen-bond donors (Lipinski definition) is 0. The first-order chi connectivity index (χ1) is 3.93. The van der Waals surface area contributed by atoms with Gasteiger partial charge in [0.1, 0.15) is 0 Å². The van der Waals surface area contributed by atoms with Crippen molar-refractivity contribution in [3.05, 3.63) is 35.9 Å². The fourth-order valence-corrected chi connectivity index (χ4v) is 0.767. The molecule has 42 valence electrons. The van der Waals surface area contributed by atoms with Crippen molar-refractivity contribution in [2.75, 3.05) is 0 Å². The van der Waals surface area contributed by atoms with E-state index in [1.54, 1.807) is 0 Å². The van der Waals surface area contributed by atoms with Crippen LogP contribution < -0.4 is 18.9 Å². The van der Waals surface area contributed by atoms with Crippen LogP contribution in [0.2, 0.25) is 0 Å². The monoisotopic (exact) mass is 130 g/mol. The van der Waals surface area contributed by atoms with Crippen LogP contribution >= 0.6 is 0 Å². The maximum Gasteiger partial charge on any atom is 1.00 e. The number of hydrogen-bond acceptors (Lipinski definition) is 1. The summed E-state index contributed by atoms with van der Waals surface area (Å²) in [5.74, 6) is 0.723. The van der Waals surface area contributed by atoms with Crippen LogP contribution in [0.25, 0.3) is 0 Å². The Labute approximate surface area is 73.2 Å². The van der Waals surface area contributed by atoms with Gasteiger partial charge in [0.25, 0.3) is 0 Å². The van der Waals surface area contributed by atoms with Crippen molar-refractivity contribution in [2.24, 2.45) is 0 Å². The zero-order valence-corrected chi connectivity index (χ0v) is 6.32. The Morgan fingerprint density at radius 2 is 1.67 bits per heavy atom.